The number of hydrogen-bond donors (Lipinski definition) is 1. The zero-order valence-corrected chi connectivity index (χ0v) is 17.9. The van der Waals surface area contributed by atoms with E-state index in [4.69, 9.17) is 4.74 Å². The molecule has 0 bridgehead atoms. The lowest BCUT2D eigenvalue weighted by Gasteiger charge is -2.28. The molecule has 162 valence electrons. The van der Waals surface area contributed by atoms with Gasteiger partial charge in [0, 0.05) is 43.3 Å². The van der Waals surface area contributed by atoms with Gasteiger partial charge < -0.3 is 15.0 Å². The first-order chi connectivity index (χ1) is 15.0. The Morgan fingerprint density at radius 3 is 2.65 bits per heavy atom. The summed E-state index contributed by atoms with van der Waals surface area (Å²) >= 11 is 0. The summed E-state index contributed by atoms with van der Waals surface area (Å²) in [5.74, 6) is -0.116. The molecule has 0 spiro atoms. The molecule has 0 aliphatic carbocycles. The second-order valence-corrected chi connectivity index (χ2v) is 7.89. The average Bonchev–Trinajstić information content (AvgIpc) is 2.75. The first kappa shape index (κ1) is 21.0. The Morgan fingerprint density at radius 1 is 1.16 bits per heavy atom. The van der Waals surface area contributed by atoms with Crippen molar-refractivity contribution in [1.29, 1.82) is 0 Å². The van der Waals surface area contributed by atoms with E-state index in [1.54, 1.807) is 6.20 Å². The number of carbonyl (C=O) groups excluding carboxylic acids is 1. The molecule has 1 aromatic carbocycles. The van der Waals surface area contributed by atoms with Crippen molar-refractivity contribution in [2.75, 3.05) is 50.1 Å². The SMILES string of the molecule is Cc1ccc2nc(CN(C)CC(=O)Nc3ccc(N4CCOCC4)cc3)cc(=O)n2c1. The lowest BCUT2D eigenvalue weighted by atomic mass is 10.2. The van der Waals surface area contributed by atoms with Crippen LogP contribution in [0.3, 0.4) is 0 Å². The maximum Gasteiger partial charge on any atom is 0.258 e. The summed E-state index contributed by atoms with van der Waals surface area (Å²) in [6.07, 6.45) is 1.77. The van der Waals surface area contributed by atoms with Gasteiger partial charge in [-0.05, 0) is 49.9 Å². The highest BCUT2D eigenvalue weighted by Crippen LogP contribution is 2.19. The monoisotopic (exact) mass is 421 g/mol. The van der Waals surface area contributed by atoms with Crippen LogP contribution in [0.15, 0.2) is 53.5 Å². The van der Waals surface area contributed by atoms with Gasteiger partial charge in [-0.2, -0.15) is 0 Å². The first-order valence-corrected chi connectivity index (χ1v) is 10.4. The summed E-state index contributed by atoms with van der Waals surface area (Å²) in [6, 6.07) is 13.1. The molecular weight excluding hydrogens is 394 g/mol. The molecule has 0 atom stereocenters. The average molecular weight is 422 g/mol. The van der Waals surface area contributed by atoms with Gasteiger partial charge in [-0.15, -0.1) is 0 Å². The second-order valence-electron chi connectivity index (χ2n) is 7.89. The van der Waals surface area contributed by atoms with Crippen LogP contribution in [0.2, 0.25) is 0 Å². The number of morpholine rings is 1. The third kappa shape index (κ3) is 5.28. The molecule has 4 rings (SSSR count). The Bertz CT molecular complexity index is 1120. The Kier molecular flexibility index (Phi) is 6.29. The molecule has 1 saturated heterocycles. The van der Waals surface area contributed by atoms with E-state index in [9.17, 15) is 9.59 Å². The smallest absolute Gasteiger partial charge is 0.258 e. The summed E-state index contributed by atoms with van der Waals surface area (Å²) in [5.41, 5.74) is 4.00. The molecule has 0 unspecified atom stereocenters. The molecule has 0 saturated carbocycles. The molecule has 1 amide bonds. The van der Waals surface area contributed by atoms with Crippen LogP contribution in [0.1, 0.15) is 11.3 Å². The molecular formula is C23H27N5O3. The van der Waals surface area contributed by atoms with Gasteiger partial charge in [-0.25, -0.2) is 4.98 Å². The Hall–Kier alpha value is -3.23. The fraction of sp³-hybridized carbons (Fsp3) is 0.348. The topological polar surface area (TPSA) is 79.2 Å². The molecule has 1 fully saturated rings. The van der Waals surface area contributed by atoms with Crippen LogP contribution in [0.25, 0.3) is 5.65 Å². The standard InChI is InChI=1S/C23H27N5O3/c1-17-3-8-21-24-19(13-23(30)28(21)14-17)15-26(2)16-22(29)25-18-4-6-20(7-5-18)27-9-11-31-12-10-27/h3-8,13-14H,9-12,15-16H2,1-2H3,(H,25,29). The maximum atomic E-state index is 12.5. The first-order valence-electron chi connectivity index (χ1n) is 10.4. The molecule has 1 aliphatic heterocycles. The zero-order chi connectivity index (χ0) is 21.8. The minimum absolute atomic E-state index is 0.116. The predicted octanol–water partition coefficient (Wildman–Crippen LogP) is 1.91. The second kappa shape index (κ2) is 9.28. The van der Waals surface area contributed by atoms with Gasteiger partial charge in [0.2, 0.25) is 5.91 Å². The number of hydrogen-bond acceptors (Lipinski definition) is 6. The van der Waals surface area contributed by atoms with Crippen molar-refractivity contribution in [2.24, 2.45) is 0 Å². The van der Waals surface area contributed by atoms with Crippen molar-refractivity contribution in [3.8, 4) is 0 Å². The number of aryl methyl sites for hydroxylation is 1. The Labute approximate surface area is 181 Å². The van der Waals surface area contributed by atoms with Crippen molar-refractivity contribution in [3.63, 3.8) is 0 Å². The van der Waals surface area contributed by atoms with Gasteiger partial charge in [-0.3, -0.25) is 18.9 Å². The van der Waals surface area contributed by atoms with Crippen molar-refractivity contribution >= 4 is 22.9 Å². The lowest BCUT2D eigenvalue weighted by molar-refractivity contribution is -0.117. The minimum Gasteiger partial charge on any atom is -0.378 e. The predicted molar refractivity (Wildman–Crippen MR) is 121 cm³/mol. The number of likely N-dealkylation sites (N-methyl/N-ethyl adjacent to an activating group) is 1. The number of anilines is 2. The van der Waals surface area contributed by atoms with E-state index < -0.39 is 0 Å². The molecule has 1 aliphatic rings. The number of pyridine rings is 1. The number of carbonyl (C=O) groups is 1. The summed E-state index contributed by atoms with van der Waals surface area (Å²) in [5, 5.41) is 2.93. The van der Waals surface area contributed by atoms with E-state index in [1.165, 1.54) is 10.5 Å². The van der Waals surface area contributed by atoms with Gasteiger partial charge >= 0.3 is 0 Å². The molecule has 2 aromatic heterocycles. The molecule has 3 heterocycles. The summed E-state index contributed by atoms with van der Waals surface area (Å²) in [6.45, 7) is 5.77. The summed E-state index contributed by atoms with van der Waals surface area (Å²) in [4.78, 5) is 33.4. The summed E-state index contributed by atoms with van der Waals surface area (Å²) < 4.78 is 6.92. The number of amides is 1. The van der Waals surface area contributed by atoms with E-state index in [1.807, 2.05) is 55.3 Å². The molecule has 0 radical (unpaired) electrons. The van der Waals surface area contributed by atoms with Gasteiger partial charge in [0.25, 0.3) is 5.56 Å². The fourth-order valence-electron chi connectivity index (χ4n) is 3.69. The molecule has 1 N–H and O–H groups in total. The van der Waals surface area contributed by atoms with Crippen LogP contribution in [0.4, 0.5) is 11.4 Å². The Balaban J connectivity index is 1.34. The number of rotatable bonds is 6. The van der Waals surface area contributed by atoms with Crippen molar-refractivity contribution in [1.82, 2.24) is 14.3 Å². The fourth-order valence-corrected chi connectivity index (χ4v) is 3.69. The highest BCUT2D eigenvalue weighted by molar-refractivity contribution is 5.92. The van der Waals surface area contributed by atoms with Crippen LogP contribution in [-0.4, -0.2) is 60.1 Å². The van der Waals surface area contributed by atoms with Gasteiger partial charge in [-0.1, -0.05) is 6.07 Å². The number of nitrogens with zero attached hydrogens (tertiary/aromatic N) is 4. The minimum atomic E-state index is -0.123. The van der Waals surface area contributed by atoms with Crippen LogP contribution in [0, 0.1) is 6.92 Å². The molecule has 31 heavy (non-hydrogen) atoms. The molecule has 3 aromatic rings. The number of benzene rings is 1. The van der Waals surface area contributed by atoms with Crippen molar-refractivity contribution < 1.29 is 9.53 Å². The maximum absolute atomic E-state index is 12.5. The lowest BCUT2D eigenvalue weighted by Crippen LogP contribution is -2.36. The highest BCUT2D eigenvalue weighted by atomic mass is 16.5. The van der Waals surface area contributed by atoms with Crippen LogP contribution in [-0.2, 0) is 16.1 Å². The third-order valence-electron chi connectivity index (χ3n) is 5.23. The quantitative estimate of drug-likeness (QED) is 0.655. The number of fused-ring (bicyclic) bond motifs is 1. The largest absolute Gasteiger partial charge is 0.378 e. The summed E-state index contributed by atoms with van der Waals surface area (Å²) in [7, 11) is 1.83. The molecule has 8 heteroatoms. The third-order valence-corrected chi connectivity index (χ3v) is 5.23. The Morgan fingerprint density at radius 2 is 1.90 bits per heavy atom. The van der Waals surface area contributed by atoms with E-state index in [2.05, 4.69) is 15.2 Å². The van der Waals surface area contributed by atoms with Crippen LogP contribution < -0.4 is 15.8 Å². The van der Waals surface area contributed by atoms with Crippen LogP contribution in [0.5, 0.6) is 0 Å². The van der Waals surface area contributed by atoms with E-state index in [0.29, 0.717) is 17.9 Å². The zero-order valence-electron chi connectivity index (χ0n) is 17.9. The number of ether oxygens (including phenoxy) is 1. The van der Waals surface area contributed by atoms with Crippen molar-refractivity contribution in [2.45, 2.75) is 13.5 Å². The van der Waals surface area contributed by atoms with Gasteiger partial charge in [0.15, 0.2) is 0 Å². The van der Waals surface area contributed by atoms with Crippen LogP contribution >= 0.6 is 0 Å². The highest BCUT2D eigenvalue weighted by Gasteiger charge is 2.12. The number of nitrogens with one attached hydrogen (secondary N) is 1. The number of aromatic nitrogens is 2. The van der Waals surface area contributed by atoms with Crippen molar-refractivity contribution in [3.05, 3.63) is 70.3 Å². The van der Waals surface area contributed by atoms with E-state index in [0.717, 1.165) is 43.2 Å². The van der Waals surface area contributed by atoms with E-state index in [-0.39, 0.29) is 18.0 Å². The van der Waals surface area contributed by atoms with E-state index >= 15 is 0 Å². The molecule has 8 nitrogen and oxygen atoms in total. The van der Waals surface area contributed by atoms with Gasteiger partial charge in [0.1, 0.15) is 5.65 Å². The normalized spacial score (nSPS) is 14.2. The van der Waals surface area contributed by atoms with Gasteiger partial charge in [0.05, 0.1) is 25.5 Å².